The number of furan rings is 1. The van der Waals surface area contributed by atoms with Crippen molar-refractivity contribution in [2.24, 2.45) is 12.0 Å². The van der Waals surface area contributed by atoms with Gasteiger partial charge in [0.15, 0.2) is 5.96 Å². The van der Waals surface area contributed by atoms with Crippen LogP contribution in [0, 0.1) is 6.92 Å². The second-order valence-corrected chi connectivity index (χ2v) is 6.93. The standard InChI is InChI=1S/C20H25N5O/c1-14-17-6-4-5-7-18(17)26-19(14)11-22-20(21-2)25-9-8-15(13-25)16-10-23-24(3)12-16/h4-7,10,12,15H,8-9,11,13H2,1-3H3,(H,21,22). The van der Waals surface area contributed by atoms with E-state index in [4.69, 9.17) is 4.42 Å². The third kappa shape index (κ3) is 3.07. The van der Waals surface area contributed by atoms with Crippen molar-refractivity contribution >= 4 is 16.9 Å². The molecule has 1 N–H and O–H groups in total. The second-order valence-electron chi connectivity index (χ2n) is 6.93. The first kappa shape index (κ1) is 16.7. The summed E-state index contributed by atoms with van der Waals surface area (Å²) in [7, 11) is 3.80. The third-order valence-electron chi connectivity index (χ3n) is 5.25. The van der Waals surface area contributed by atoms with Crippen molar-refractivity contribution in [1.29, 1.82) is 0 Å². The molecule has 136 valence electrons. The summed E-state index contributed by atoms with van der Waals surface area (Å²) in [5.74, 6) is 2.40. The lowest BCUT2D eigenvalue weighted by Crippen LogP contribution is -2.39. The van der Waals surface area contributed by atoms with Gasteiger partial charge in [0.05, 0.1) is 12.7 Å². The number of hydrogen-bond donors (Lipinski definition) is 1. The highest BCUT2D eigenvalue weighted by Gasteiger charge is 2.27. The average Bonchev–Trinajstić information content (AvgIpc) is 3.36. The van der Waals surface area contributed by atoms with Crippen molar-refractivity contribution < 1.29 is 4.42 Å². The third-order valence-corrected chi connectivity index (χ3v) is 5.25. The number of hydrogen-bond acceptors (Lipinski definition) is 3. The van der Waals surface area contributed by atoms with E-state index in [2.05, 4.69) is 39.5 Å². The van der Waals surface area contributed by atoms with Crippen LogP contribution in [-0.2, 0) is 13.6 Å². The number of para-hydroxylation sites is 1. The van der Waals surface area contributed by atoms with E-state index in [1.165, 1.54) is 16.5 Å². The molecule has 4 rings (SSSR count). The van der Waals surface area contributed by atoms with Gasteiger partial charge in [-0.15, -0.1) is 0 Å². The molecule has 1 unspecified atom stereocenters. The molecule has 0 amide bonds. The molecular formula is C20H25N5O. The number of nitrogens with one attached hydrogen (secondary N) is 1. The Labute approximate surface area is 153 Å². The molecule has 6 nitrogen and oxygen atoms in total. The maximum atomic E-state index is 6.00. The van der Waals surface area contributed by atoms with Gasteiger partial charge in [-0.2, -0.15) is 5.10 Å². The number of nitrogens with zero attached hydrogens (tertiary/aromatic N) is 4. The van der Waals surface area contributed by atoms with E-state index < -0.39 is 0 Å². The van der Waals surface area contributed by atoms with E-state index in [0.29, 0.717) is 12.5 Å². The SMILES string of the molecule is CN=C(NCc1oc2ccccc2c1C)N1CCC(c2cnn(C)c2)C1. The summed E-state index contributed by atoms with van der Waals surface area (Å²) in [6, 6.07) is 8.17. The van der Waals surface area contributed by atoms with E-state index in [-0.39, 0.29) is 0 Å². The number of rotatable bonds is 3. The highest BCUT2D eigenvalue weighted by atomic mass is 16.3. The molecule has 1 aliphatic rings. The fraction of sp³-hybridized carbons (Fsp3) is 0.400. The first-order valence-corrected chi connectivity index (χ1v) is 9.07. The largest absolute Gasteiger partial charge is 0.459 e. The molecule has 1 aromatic carbocycles. The molecule has 1 fully saturated rings. The summed E-state index contributed by atoms with van der Waals surface area (Å²) in [5.41, 5.74) is 3.44. The number of aryl methyl sites for hydroxylation is 2. The lowest BCUT2D eigenvalue weighted by molar-refractivity contribution is 0.472. The van der Waals surface area contributed by atoms with Gasteiger partial charge in [-0.05, 0) is 25.0 Å². The molecule has 1 aliphatic heterocycles. The normalized spacial score (nSPS) is 18.0. The molecule has 1 saturated heterocycles. The van der Waals surface area contributed by atoms with Gasteiger partial charge < -0.3 is 14.6 Å². The van der Waals surface area contributed by atoms with Gasteiger partial charge >= 0.3 is 0 Å². The Kier molecular flexibility index (Phi) is 4.41. The number of guanidine groups is 1. The predicted octanol–water partition coefficient (Wildman–Crippen LogP) is 3.04. The van der Waals surface area contributed by atoms with Crippen molar-refractivity contribution in [3.8, 4) is 0 Å². The lowest BCUT2D eigenvalue weighted by atomic mass is 10.0. The fourth-order valence-electron chi connectivity index (χ4n) is 3.76. The van der Waals surface area contributed by atoms with Crippen LogP contribution in [0.5, 0.6) is 0 Å². The zero-order chi connectivity index (χ0) is 18.1. The van der Waals surface area contributed by atoms with Gasteiger partial charge in [-0.1, -0.05) is 18.2 Å². The molecule has 0 aliphatic carbocycles. The molecule has 0 bridgehead atoms. The van der Waals surface area contributed by atoms with Gasteiger partial charge in [0.2, 0.25) is 0 Å². The quantitative estimate of drug-likeness (QED) is 0.582. The van der Waals surface area contributed by atoms with E-state index in [1.54, 1.807) is 0 Å². The van der Waals surface area contributed by atoms with Gasteiger partial charge in [-0.3, -0.25) is 9.67 Å². The Morgan fingerprint density at radius 1 is 1.38 bits per heavy atom. The van der Waals surface area contributed by atoms with E-state index in [0.717, 1.165) is 36.8 Å². The second kappa shape index (κ2) is 6.86. The monoisotopic (exact) mass is 351 g/mol. The Hall–Kier alpha value is -2.76. The van der Waals surface area contributed by atoms with Crippen LogP contribution in [0.15, 0.2) is 46.1 Å². The molecule has 3 heterocycles. The molecule has 0 spiro atoms. The molecule has 0 radical (unpaired) electrons. The molecule has 0 saturated carbocycles. The highest BCUT2D eigenvalue weighted by Crippen LogP contribution is 2.27. The number of aliphatic imine (C=N–C) groups is 1. The Balaban J connectivity index is 1.42. The minimum absolute atomic E-state index is 0.509. The molecule has 3 aromatic rings. The first-order valence-electron chi connectivity index (χ1n) is 9.07. The summed E-state index contributed by atoms with van der Waals surface area (Å²) in [6.45, 7) is 4.71. The summed E-state index contributed by atoms with van der Waals surface area (Å²) >= 11 is 0. The summed E-state index contributed by atoms with van der Waals surface area (Å²) in [6.07, 6.45) is 5.21. The van der Waals surface area contributed by atoms with Crippen LogP contribution in [0.2, 0.25) is 0 Å². The highest BCUT2D eigenvalue weighted by molar-refractivity contribution is 5.83. The van der Waals surface area contributed by atoms with E-state index >= 15 is 0 Å². The Morgan fingerprint density at radius 2 is 2.23 bits per heavy atom. The van der Waals surface area contributed by atoms with Crippen molar-refractivity contribution in [2.45, 2.75) is 25.8 Å². The minimum Gasteiger partial charge on any atom is -0.459 e. The van der Waals surface area contributed by atoms with Gasteiger partial charge in [0, 0.05) is 50.2 Å². The molecule has 1 atom stereocenters. The van der Waals surface area contributed by atoms with Crippen LogP contribution in [-0.4, -0.2) is 40.8 Å². The van der Waals surface area contributed by atoms with Crippen LogP contribution in [0.3, 0.4) is 0 Å². The van der Waals surface area contributed by atoms with Crippen molar-refractivity contribution in [3.05, 3.63) is 53.5 Å². The Bertz CT molecular complexity index is 939. The Morgan fingerprint density at radius 3 is 2.96 bits per heavy atom. The molecule has 26 heavy (non-hydrogen) atoms. The topological polar surface area (TPSA) is 58.6 Å². The van der Waals surface area contributed by atoms with Crippen LogP contribution in [0.25, 0.3) is 11.0 Å². The van der Waals surface area contributed by atoms with Crippen LogP contribution in [0.4, 0.5) is 0 Å². The zero-order valence-electron chi connectivity index (χ0n) is 15.6. The van der Waals surface area contributed by atoms with Crippen LogP contribution >= 0.6 is 0 Å². The van der Waals surface area contributed by atoms with Crippen molar-refractivity contribution in [1.82, 2.24) is 20.0 Å². The van der Waals surface area contributed by atoms with Crippen molar-refractivity contribution in [2.75, 3.05) is 20.1 Å². The summed E-state index contributed by atoms with van der Waals surface area (Å²) < 4.78 is 7.87. The van der Waals surface area contributed by atoms with Crippen molar-refractivity contribution in [3.63, 3.8) is 0 Å². The maximum Gasteiger partial charge on any atom is 0.194 e. The number of fused-ring (bicyclic) bond motifs is 1. The zero-order valence-corrected chi connectivity index (χ0v) is 15.6. The lowest BCUT2D eigenvalue weighted by Gasteiger charge is -2.21. The molecule has 6 heteroatoms. The van der Waals surface area contributed by atoms with Crippen LogP contribution in [0.1, 0.15) is 29.2 Å². The maximum absolute atomic E-state index is 6.00. The molecule has 2 aromatic heterocycles. The summed E-state index contributed by atoms with van der Waals surface area (Å²) in [4.78, 5) is 6.79. The predicted molar refractivity (Wildman–Crippen MR) is 103 cm³/mol. The average molecular weight is 351 g/mol. The number of benzene rings is 1. The van der Waals surface area contributed by atoms with Gasteiger partial charge in [0.25, 0.3) is 0 Å². The van der Waals surface area contributed by atoms with Gasteiger partial charge in [0.1, 0.15) is 11.3 Å². The smallest absolute Gasteiger partial charge is 0.194 e. The van der Waals surface area contributed by atoms with Gasteiger partial charge in [-0.25, -0.2) is 0 Å². The van der Waals surface area contributed by atoms with E-state index in [9.17, 15) is 0 Å². The fourth-order valence-corrected chi connectivity index (χ4v) is 3.76. The van der Waals surface area contributed by atoms with Crippen LogP contribution < -0.4 is 5.32 Å². The van der Waals surface area contributed by atoms with E-state index in [1.807, 2.05) is 43.2 Å². The first-order chi connectivity index (χ1) is 12.7. The number of aromatic nitrogens is 2. The molecular weight excluding hydrogens is 326 g/mol. The number of likely N-dealkylation sites (tertiary alicyclic amines) is 1. The minimum atomic E-state index is 0.509. The summed E-state index contributed by atoms with van der Waals surface area (Å²) in [5, 5.41) is 8.94.